The van der Waals surface area contributed by atoms with E-state index in [0.29, 0.717) is 28.7 Å². The van der Waals surface area contributed by atoms with Crippen LogP contribution >= 0.6 is 11.6 Å². The van der Waals surface area contributed by atoms with Gasteiger partial charge in [0.15, 0.2) is 11.2 Å². The first-order valence-corrected chi connectivity index (χ1v) is 11.8. The number of hydrogen-bond donors (Lipinski definition) is 0. The quantitative estimate of drug-likeness (QED) is 0.424. The zero-order valence-corrected chi connectivity index (χ0v) is 20.7. The molecule has 0 amide bonds. The molecule has 10 heteroatoms. The van der Waals surface area contributed by atoms with Crippen LogP contribution in [0.15, 0.2) is 58.1 Å². The van der Waals surface area contributed by atoms with Gasteiger partial charge in [0.05, 0.1) is 13.7 Å². The molecular formula is C25H27ClN6O3. The lowest BCUT2D eigenvalue weighted by molar-refractivity contribution is 0.415. The Morgan fingerprint density at radius 1 is 0.886 bits per heavy atom. The number of anilines is 2. The van der Waals surface area contributed by atoms with Crippen LogP contribution in [0.5, 0.6) is 5.75 Å². The molecule has 0 spiro atoms. The van der Waals surface area contributed by atoms with Crippen molar-refractivity contribution in [2.75, 3.05) is 43.1 Å². The van der Waals surface area contributed by atoms with Crippen LogP contribution in [0.2, 0.25) is 5.02 Å². The number of imidazole rings is 1. The first kappa shape index (κ1) is 23.0. The lowest BCUT2D eigenvalue weighted by Gasteiger charge is -2.36. The van der Waals surface area contributed by atoms with Crippen molar-refractivity contribution in [2.45, 2.75) is 6.54 Å². The molecule has 0 radical (unpaired) electrons. The van der Waals surface area contributed by atoms with E-state index in [1.54, 1.807) is 14.2 Å². The van der Waals surface area contributed by atoms with Gasteiger partial charge >= 0.3 is 5.69 Å². The Balaban J connectivity index is 1.52. The smallest absolute Gasteiger partial charge is 0.332 e. The number of hydrogen-bond acceptors (Lipinski definition) is 6. The Labute approximate surface area is 207 Å². The first-order chi connectivity index (χ1) is 16.9. The van der Waals surface area contributed by atoms with Gasteiger partial charge in [-0.05, 0) is 42.0 Å². The largest absolute Gasteiger partial charge is 0.497 e. The molecule has 1 aliphatic rings. The Kier molecular flexibility index (Phi) is 6.02. The van der Waals surface area contributed by atoms with Crippen molar-refractivity contribution in [3.05, 3.63) is 80.0 Å². The van der Waals surface area contributed by atoms with Crippen LogP contribution in [0.4, 0.5) is 11.6 Å². The summed E-state index contributed by atoms with van der Waals surface area (Å²) in [7, 11) is 4.80. The molecule has 1 fully saturated rings. The monoisotopic (exact) mass is 494 g/mol. The molecule has 1 saturated heterocycles. The Hall–Kier alpha value is -3.72. The predicted molar refractivity (Wildman–Crippen MR) is 138 cm³/mol. The summed E-state index contributed by atoms with van der Waals surface area (Å²) in [6.07, 6.45) is 0. The van der Waals surface area contributed by atoms with Gasteiger partial charge in [-0.25, -0.2) is 4.79 Å². The molecule has 9 nitrogen and oxygen atoms in total. The minimum Gasteiger partial charge on any atom is -0.497 e. The fourth-order valence-electron chi connectivity index (χ4n) is 4.56. The van der Waals surface area contributed by atoms with Gasteiger partial charge in [0.1, 0.15) is 5.75 Å². The van der Waals surface area contributed by atoms with Crippen LogP contribution in [0.25, 0.3) is 11.2 Å². The highest BCUT2D eigenvalue weighted by Crippen LogP contribution is 2.25. The molecule has 182 valence electrons. The van der Waals surface area contributed by atoms with Gasteiger partial charge in [-0.1, -0.05) is 23.7 Å². The van der Waals surface area contributed by atoms with Gasteiger partial charge in [0.25, 0.3) is 5.56 Å². The second-order valence-electron chi connectivity index (χ2n) is 8.67. The number of rotatable bonds is 5. The van der Waals surface area contributed by atoms with E-state index in [-0.39, 0.29) is 5.56 Å². The zero-order chi connectivity index (χ0) is 24.7. The molecule has 0 unspecified atom stereocenters. The van der Waals surface area contributed by atoms with Gasteiger partial charge in [-0.15, -0.1) is 0 Å². The van der Waals surface area contributed by atoms with E-state index >= 15 is 0 Å². The number of benzene rings is 2. The summed E-state index contributed by atoms with van der Waals surface area (Å²) in [6.45, 7) is 3.49. The molecule has 2 aromatic heterocycles. The highest BCUT2D eigenvalue weighted by Gasteiger charge is 2.26. The molecule has 35 heavy (non-hydrogen) atoms. The summed E-state index contributed by atoms with van der Waals surface area (Å²) in [4.78, 5) is 35.1. The minimum atomic E-state index is -0.394. The molecule has 0 bridgehead atoms. The van der Waals surface area contributed by atoms with Crippen LogP contribution in [0.1, 0.15) is 5.56 Å². The molecule has 2 aromatic carbocycles. The molecule has 1 aliphatic heterocycles. The molecule has 0 aliphatic carbocycles. The van der Waals surface area contributed by atoms with Crippen molar-refractivity contribution in [2.24, 2.45) is 14.1 Å². The number of aryl methyl sites for hydroxylation is 1. The summed E-state index contributed by atoms with van der Waals surface area (Å²) in [5.41, 5.74) is 2.18. The highest BCUT2D eigenvalue weighted by molar-refractivity contribution is 6.30. The second kappa shape index (κ2) is 9.14. The SMILES string of the molecule is COc1ccc(N2CCN(c3nc4c(c(=O)n(C)c(=O)n4C)n3Cc3ccc(Cl)cc3)CC2)cc1. The van der Waals surface area contributed by atoms with Crippen molar-refractivity contribution in [3.63, 3.8) is 0 Å². The summed E-state index contributed by atoms with van der Waals surface area (Å²) < 4.78 is 9.76. The summed E-state index contributed by atoms with van der Waals surface area (Å²) in [5, 5.41) is 0.650. The molecule has 5 rings (SSSR count). The van der Waals surface area contributed by atoms with E-state index in [1.807, 2.05) is 41.0 Å². The normalized spacial score (nSPS) is 14.1. The standard InChI is InChI=1S/C25H27ClN6O3/c1-28-22-21(23(33)29(2)25(28)34)32(16-17-4-6-18(26)7-5-17)24(27-22)31-14-12-30(13-15-31)19-8-10-20(35-3)11-9-19/h4-11H,12-16H2,1-3H3. The van der Waals surface area contributed by atoms with Gasteiger partial charge in [-0.3, -0.25) is 18.5 Å². The third-order valence-electron chi connectivity index (χ3n) is 6.58. The van der Waals surface area contributed by atoms with Crippen molar-refractivity contribution in [1.82, 2.24) is 18.7 Å². The Morgan fingerprint density at radius 2 is 1.51 bits per heavy atom. The van der Waals surface area contributed by atoms with Gasteiger partial charge in [0, 0.05) is 51.0 Å². The lowest BCUT2D eigenvalue weighted by atomic mass is 10.2. The maximum atomic E-state index is 13.2. The third kappa shape index (κ3) is 4.16. The summed E-state index contributed by atoms with van der Waals surface area (Å²) in [6, 6.07) is 15.6. The average molecular weight is 495 g/mol. The van der Waals surface area contributed by atoms with Crippen molar-refractivity contribution in [3.8, 4) is 5.75 Å². The molecule has 0 saturated carbocycles. The number of fused-ring (bicyclic) bond motifs is 1. The van der Waals surface area contributed by atoms with Crippen molar-refractivity contribution in [1.29, 1.82) is 0 Å². The molecule has 0 N–H and O–H groups in total. The fourth-order valence-corrected chi connectivity index (χ4v) is 4.68. The van der Waals surface area contributed by atoms with E-state index in [0.717, 1.165) is 47.7 Å². The number of nitrogens with zero attached hydrogens (tertiary/aromatic N) is 6. The van der Waals surface area contributed by atoms with Crippen molar-refractivity contribution >= 4 is 34.4 Å². The van der Waals surface area contributed by atoms with Crippen LogP contribution in [0.3, 0.4) is 0 Å². The number of ether oxygens (including phenoxy) is 1. The van der Waals surface area contributed by atoms with Crippen LogP contribution in [0, 0.1) is 0 Å². The molecular weight excluding hydrogens is 468 g/mol. The summed E-state index contributed by atoms with van der Waals surface area (Å²) in [5.74, 6) is 1.51. The van der Waals surface area contributed by atoms with E-state index in [9.17, 15) is 9.59 Å². The van der Waals surface area contributed by atoms with Crippen LogP contribution < -0.4 is 25.8 Å². The number of aromatic nitrogens is 4. The van der Waals surface area contributed by atoms with Gasteiger partial charge in [-0.2, -0.15) is 4.98 Å². The van der Waals surface area contributed by atoms with Gasteiger partial charge in [0.2, 0.25) is 5.95 Å². The van der Waals surface area contributed by atoms with E-state index in [4.69, 9.17) is 21.3 Å². The van der Waals surface area contributed by atoms with Crippen molar-refractivity contribution < 1.29 is 4.74 Å². The van der Waals surface area contributed by atoms with E-state index < -0.39 is 5.69 Å². The number of piperazine rings is 1. The fraction of sp³-hybridized carbons (Fsp3) is 0.320. The average Bonchev–Trinajstić information content (AvgIpc) is 3.27. The molecule has 4 aromatic rings. The van der Waals surface area contributed by atoms with E-state index in [1.165, 1.54) is 11.6 Å². The zero-order valence-electron chi connectivity index (χ0n) is 19.9. The maximum absolute atomic E-state index is 13.2. The maximum Gasteiger partial charge on any atom is 0.332 e. The van der Waals surface area contributed by atoms with Crippen LogP contribution in [-0.2, 0) is 20.6 Å². The molecule has 3 heterocycles. The minimum absolute atomic E-state index is 0.354. The Bertz CT molecular complexity index is 1480. The second-order valence-corrected chi connectivity index (χ2v) is 9.11. The van der Waals surface area contributed by atoms with E-state index in [2.05, 4.69) is 21.9 Å². The number of halogens is 1. The first-order valence-electron chi connectivity index (χ1n) is 11.4. The number of methoxy groups -OCH3 is 1. The van der Waals surface area contributed by atoms with Crippen LogP contribution in [-0.4, -0.2) is 52.0 Å². The lowest BCUT2D eigenvalue weighted by Crippen LogP contribution is -2.47. The molecule has 0 atom stereocenters. The highest BCUT2D eigenvalue weighted by atomic mass is 35.5. The third-order valence-corrected chi connectivity index (χ3v) is 6.83. The summed E-state index contributed by atoms with van der Waals surface area (Å²) >= 11 is 6.08. The van der Waals surface area contributed by atoms with Gasteiger partial charge < -0.3 is 14.5 Å². The Morgan fingerprint density at radius 3 is 2.14 bits per heavy atom. The topological polar surface area (TPSA) is 77.5 Å². The predicted octanol–water partition coefficient (Wildman–Crippen LogP) is 2.47.